The number of nitrogen functional groups attached to an aromatic ring is 1. The van der Waals surface area contributed by atoms with Crippen LogP contribution < -0.4 is 5.73 Å². The van der Waals surface area contributed by atoms with Gasteiger partial charge in [-0.15, -0.1) is 0 Å². The lowest BCUT2D eigenvalue weighted by Crippen LogP contribution is -2.38. The molecule has 1 saturated heterocycles. The molecular formula is C29H36ClN5. The molecule has 5 nitrogen and oxygen atoms in total. The van der Waals surface area contributed by atoms with Gasteiger partial charge in [0.2, 0.25) is 0 Å². The molecule has 2 aromatic carbocycles. The zero-order chi connectivity index (χ0) is 24.4. The first-order valence-corrected chi connectivity index (χ1v) is 13.2. The van der Waals surface area contributed by atoms with Gasteiger partial charge in [-0.05, 0) is 67.3 Å². The molecule has 6 heteroatoms. The molecule has 5 rings (SSSR count). The number of halogens is 1. The number of hydrogen-bond donors (Lipinski definition) is 2. The number of nitrogens with two attached hydrogens (primary N) is 1. The molecule has 184 valence electrons. The molecule has 4 aromatic rings. The van der Waals surface area contributed by atoms with Crippen LogP contribution in [0.5, 0.6) is 0 Å². The highest BCUT2D eigenvalue weighted by Gasteiger charge is 2.28. The molecule has 0 aliphatic carbocycles. The Kier molecular flexibility index (Phi) is 7.28. The van der Waals surface area contributed by atoms with Crippen molar-refractivity contribution >= 4 is 39.1 Å². The number of hydrogen-bond acceptors (Lipinski definition) is 4. The average Bonchev–Trinajstić information content (AvgIpc) is 3.47. The summed E-state index contributed by atoms with van der Waals surface area (Å²) in [5.41, 5.74) is 11.6. The fourth-order valence-corrected chi connectivity index (χ4v) is 5.46. The fraction of sp³-hybridized carbons (Fsp3) is 0.414. The molecule has 0 spiro atoms. The van der Waals surface area contributed by atoms with Crippen LogP contribution in [-0.4, -0.2) is 45.4 Å². The van der Waals surface area contributed by atoms with Gasteiger partial charge < -0.3 is 10.7 Å². The number of aromatic amines is 1. The number of likely N-dealkylation sites (tertiary alicyclic amines) is 1. The van der Waals surface area contributed by atoms with E-state index in [2.05, 4.69) is 63.9 Å². The van der Waals surface area contributed by atoms with Gasteiger partial charge in [-0.1, -0.05) is 44.0 Å². The first-order valence-electron chi connectivity index (χ1n) is 12.8. The lowest BCUT2D eigenvalue weighted by molar-refractivity contribution is 0.170. The molecule has 35 heavy (non-hydrogen) atoms. The van der Waals surface area contributed by atoms with Crippen LogP contribution in [0.25, 0.3) is 21.8 Å². The van der Waals surface area contributed by atoms with Crippen molar-refractivity contribution in [3.05, 3.63) is 71.0 Å². The normalized spacial score (nSPS) is 17.7. The molecule has 3 heterocycles. The van der Waals surface area contributed by atoms with E-state index in [4.69, 9.17) is 17.3 Å². The van der Waals surface area contributed by atoms with Crippen LogP contribution in [0.3, 0.4) is 0 Å². The molecule has 1 aliphatic heterocycles. The number of anilines is 1. The van der Waals surface area contributed by atoms with E-state index < -0.39 is 0 Å². The van der Waals surface area contributed by atoms with E-state index in [1.54, 1.807) is 6.20 Å². The second kappa shape index (κ2) is 10.6. The minimum Gasteiger partial charge on any atom is -0.398 e. The average molecular weight is 490 g/mol. The molecule has 2 atom stereocenters. The van der Waals surface area contributed by atoms with E-state index in [-0.39, 0.29) is 0 Å². The zero-order valence-electron chi connectivity index (χ0n) is 20.8. The first kappa shape index (κ1) is 24.1. The summed E-state index contributed by atoms with van der Waals surface area (Å²) in [7, 11) is 0. The number of aromatic nitrogens is 2. The first-order chi connectivity index (χ1) is 17.0. The smallest absolute Gasteiger partial charge is 0.0725 e. The van der Waals surface area contributed by atoms with Crippen molar-refractivity contribution in [3.8, 4) is 0 Å². The van der Waals surface area contributed by atoms with Crippen LogP contribution >= 0.6 is 11.6 Å². The third-order valence-corrected chi connectivity index (χ3v) is 7.86. The van der Waals surface area contributed by atoms with E-state index in [0.717, 1.165) is 65.8 Å². The lowest BCUT2D eigenvalue weighted by atomic mass is 10.0. The van der Waals surface area contributed by atoms with Gasteiger partial charge in [0, 0.05) is 71.1 Å². The Bertz CT molecular complexity index is 1300. The summed E-state index contributed by atoms with van der Waals surface area (Å²) in [5, 5.41) is 3.01. The van der Waals surface area contributed by atoms with E-state index in [9.17, 15) is 0 Å². The van der Waals surface area contributed by atoms with Crippen molar-refractivity contribution in [2.75, 3.05) is 25.4 Å². The summed E-state index contributed by atoms with van der Waals surface area (Å²) < 4.78 is 0. The van der Waals surface area contributed by atoms with Gasteiger partial charge in [-0.2, -0.15) is 0 Å². The molecule has 3 N–H and O–H groups in total. The van der Waals surface area contributed by atoms with Crippen molar-refractivity contribution < 1.29 is 0 Å². The number of rotatable bonds is 9. The summed E-state index contributed by atoms with van der Waals surface area (Å²) in [6, 6.07) is 17.3. The number of fused-ring (bicyclic) bond motifs is 2. The van der Waals surface area contributed by atoms with Crippen molar-refractivity contribution in [2.24, 2.45) is 5.92 Å². The van der Waals surface area contributed by atoms with E-state index >= 15 is 0 Å². The van der Waals surface area contributed by atoms with E-state index in [1.807, 2.05) is 18.2 Å². The number of benzene rings is 2. The van der Waals surface area contributed by atoms with Crippen molar-refractivity contribution in [1.82, 2.24) is 19.8 Å². The van der Waals surface area contributed by atoms with Crippen LogP contribution in [0.2, 0.25) is 5.02 Å². The van der Waals surface area contributed by atoms with E-state index in [0.29, 0.717) is 6.04 Å². The third-order valence-electron chi connectivity index (χ3n) is 7.63. The molecule has 0 saturated carbocycles. The SMILES string of the molecule is CCC(C)CCN(Cc1cc2cc(Cl)ccc2[nH]1)[C@@H]1CCN(Cc2ccc3c(N)ccnc3c2)C1. The zero-order valence-corrected chi connectivity index (χ0v) is 21.6. The maximum Gasteiger partial charge on any atom is 0.0725 e. The minimum atomic E-state index is 0.559. The van der Waals surface area contributed by atoms with Gasteiger partial charge in [-0.3, -0.25) is 14.8 Å². The molecule has 1 unspecified atom stereocenters. The number of H-pyrrole nitrogens is 1. The van der Waals surface area contributed by atoms with Crippen LogP contribution in [0, 0.1) is 5.92 Å². The predicted octanol–water partition coefficient (Wildman–Crippen LogP) is 6.46. The lowest BCUT2D eigenvalue weighted by Gasteiger charge is -2.30. The molecule has 1 aliphatic rings. The molecule has 0 radical (unpaired) electrons. The van der Waals surface area contributed by atoms with Crippen LogP contribution in [0.1, 0.15) is 44.4 Å². The Labute approximate surface area is 213 Å². The van der Waals surface area contributed by atoms with Crippen LogP contribution in [0.4, 0.5) is 5.69 Å². The summed E-state index contributed by atoms with van der Waals surface area (Å²) >= 11 is 6.22. The van der Waals surface area contributed by atoms with Gasteiger partial charge in [-0.25, -0.2) is 0 Å². The maximum absolute atomic E-state index is 6.22. The highest BCUT2D eigenvalue weighted by molar-refractivity contribution is 6.31. The number of nitrogens with zero attached hydrogens (tertiary/aromatic N) is 3. The quantitative estimate of drug-likeness (QED) is 0.283. The standard InChI is InChI=1S/C29H36ClN5/c1-3-20(2)9-13-35(18-24-16-22-15-23(30)5-7-28(22)33-24)25-10-12-34(19-25)17-21-4-6-26-27(31)8-11-32-29(26)14-21/h4-8,11,14-16,20,25,33H,3,9-10,12-13,17-19H2,1-2H3,(H2,31,32)/t20?,25-/m1/s1. The minimum absolute atomic E-state index is 0.559. The van der Waals surface area contributed by atoms with Gasteiger partial charge in [0.15, 0.2) is 0 Å². The number of nitrogens with one attached hydrogen (secondary N) is 1. The highest BCUT2D eigenvalue weighted by atomic mass is 35.5. The molecule has 0 amide bonds. The fourth-order valence-electron chi connectivity index (χ4n) is 5.27. The van der Waals surface area contributed by atoms with Crippen molar-refractivity contribution in [2.45, 2.75) is 52.2 Å². The van der Waals surface area contributed by atoms with Crippen molar-refractivity contribution in [1.29, 1.82) is 0 Å². The Hall–Kier alpha value is -2.60. The molecule has 1 fully saturated rings. The summed E-state index contributed by atoms with van der Waals surface area (Å²) in [6.07, 6.45) is 5.46. The molecule has 2 aromatic heterocycles. The van der Waals surface area contributed by atoms with E-state index in [1.165, 1.54) is 35.9 Å². The Morgan fingerprint density at radius 1 is 1.20 bits per heavy atom. The van der Waals surface area contributed by atoms with Gasteiger partial charge >= 0.3 is 0 Å². The van der Waals surface area contributed by atoms with Gasteiger partial charge in [0.25, 0.3) is 0 Å². The topological polar surface area (TPSA) is 61.2 Å². The van der Waals surface area contributed by atoms with Crippen molar-refractivity contribution in [3.63, 3.8) is 0 Å². The second-order valence-electron chi connectivity index (χ2n) is 10.2. The van der Waals surface area contributed by atoms with Gasteiger partial charge in [0.05, 0.1) is 5.52 Å². The maximum atomic E-state index is 6.22. The van der Waals surface area contributed by atoms with Crippen LogP contribution in [0.15, 0.2) is 54.7 Å². The van der Waals surface area contributed by atoms with Crippen LogP contribution in [-0.2, 0) is 13.1 Å². The summed E-state index contributed by atoms with van der Waals surface area (Å²) in [6.45, 7) is 9.89. The Morgan fingerprint density at radius 2 is 2.09 bits per heavy atom. The third kappa shape index (κ3) is 5.64. The molecule has 0 bridgehead atoms. The molecular weight excluding hydrogens is 454 g/mol. The highest BCUT2D eigenvalue weighted by Crippen LogP contribution is 2.26. The van der Waals surface area contributed by atoms with Gasteiger partial charge in [0.1, 0.15) is 0 Å². The largest absolute Gasteiger partial charge is 0.398 e. The summed E-state index contributed by atoms with van der Waals surface area (Å²) in [4.78, 5) is 13.4. The number of pyridine rings is 1. The Balaban J connectivity index is 1.28. The second-order valence-corrected chi connectivity index (χ2v) is 10.7. The summed E-state index contributed by atoms with van der Waals surface area (Å²) in [5.74, 6) is 0.745. The monoisotopic (exact) mass is 489 g/mol. The predicted molar refractivity (Wildman–Crippen MR) is 148 cm³/mol. The Morgan fingerprint density at radius 3 is 2.94 bits per heavy atom.